The van der Waals surface area contributed by atoms with Crippen molar-refractivity contribution in [2.75, 3.05) is 6.54 Å². The molecule has 1 saturated carbocycles. The van der Waals surface area contributed by atoms with E-state index in [1.807, 2.05) is 0 Å². The van der Waals surface area contributed by atoms with Crippen LogP contribution in [0.15, 0.2) is 22.7 Å². The van der Waals surface area contributed by atoms with Gasteiger partial charge >= 0.3 is 0 Å². The second kappa shape index (κ2) is 5.40. The van der Waals surface area contributed by atoms with E-state index >= 15 is 0 Å². The van der Waals surface area contributed by atoms with Crippen molar-refractivity contribution < 1.29 is 18.1 Å². The molecule has 1 amide bonds. The lowest BCUT2D eigenvalue weighted by Crippen LogP contribution is -2.25. The molecule has 120 valence electrons. The lowest BCUT2D eigenvalue weighted by molar-refractivity contribution is -0.128. The van der Waals surface area contributed by atoms with E-state index in [1.165, 1.54) is 12.1 Å². The number of carbonyl (C=O) groups is 1. The Labute approximate surface area is 131 Å². The molecule has 1 aliphatic heterocycles. The molecule has 5 nitrogen and oxygen atoms in total. The molecule has 1 aliphatic carbocycles. The van der Waals surface area contributed by atoms with Crippen molar-refractivity contribution in [2.45, 2.75) is 37.6 Å². The highest BCUT2D eigenvalue weighted by atomic mass is 19.1. The molecule has 0 spiro atoms. The molecule has 1 aromatic carbocycles. The fourth-order valence-corrected chi connectivity index (χ4v) is 2.87. The van der Waals surface area contributed by atoms with Gasteiger partial charge in [0.2, 0.25) is 11.8 Å². The lowest BCUT2D eigenvalue weighted by Gasteiger charge is -2.16. The highest BCUT2D eigenvalue weighted by Gasteiger charge is 2.36. The van der Waals surface area contributed by atoms with Crippen LogP contribution >= 0.6 is 0 Å². The first kappa shape index (κ1) is 14.3. The van der Waals surface area contributed by atoms with Gasteiger partial charge < -0.3 is 9.42 Å². The summed E-state index contributed by atoms with van der Waals surface area (Å²) in [6.45, 7) is 0.521. The summed E-state index contributed by atoms with van der Waals surface area (Å²) < 4.78 is 31.9. The first-order chi connectivity index (χ1) is 11.1. The van der Waals surface area contributed by atoms with Gasteiger partial charge in [0.1, 0.15) is 11.6 Å². The van der Waals surface area contributed by atoms with E-state index in [2.05, 4.69) is 10.1 Å². The van der Waals surface area contributed by atoms with Gasteiger partial charge in [0.15, 0.2) is 5.82 Å². The zero-order valence-corrected chi connectivity index (χ0v) is 12.3. The minimum Gasteiger partial charge on any atom is -0.339 e. The maximum atomic E-state index is 13.7. The second-order valence-corrected chi connectivity index (χ2v) is 6.18. The van der Waals surface area contributed by atoms with Gasteiger partial charge in [-0.1, -0.05) is 11.2 Å². The summed E-state index contributed by atoms with van der Waals surface area (Å²) in [6, 6.07) is 3.38. The number of rotatable bonds is 4. The van der Waals surface area contributed by atoms with Crippen molar-refractivity contribution in [1.29, 1.82) is 0 Å². The summed E-state index contributed by atoms with van der Waals surface area (Å²) in [5, 5.41) is 3.96. The van der Waals surface area contributed by atoms with Crippen LogP contribution in [0.25, 0.3) is 0 Å². The summed E-state index contributed by atoms with van der Waals surface area (Å²) >= 11 is 0. The quantitative estimate of drug-likeness (QED) is 0.869. The molecule has 1 unspecified atom stereocenters. The molecule has 7 heteroatoms. The molecule has 1 aromatic heterocycles. The first-order valence-corrected chi connectivity index (χ1v) is 7.65. The molecule has 23 heavy (non-hydrogen) atoms. The zero-order chi connectivity index (χ0) is 16.0. The van der Waals surface area contributed by atoms with Gasteiger partial charge in [-0.05, 0) is 18.9 Å². The average Bonchev–Trinajstić information content (AvgIpc) is 3.13. The van der Waals surface area contributed by atoms with Crippen molar-refractivity contribution in [1.82, 2.24) is 15.0 Å². The number of likely N-dealkylation sites (tertiary alicyclic amines) is 1. The fraction of sp³-hybridized carbons (Fsp3) is 0.438. The van der Waals surface area contributed by atoms with Crippen molar-refractivity contribution >= 4 is 5.91 Å². The molecule has 0 N–H and O–H groups in total. The van der Waals surface area contributed by atoms with Crippen molar-refractivity contribution in [3.63, 3.8) is 0 Å². The van der Waals surface area contributed by atoms with Gasteiger partial charge in [-0.25, -0.2) is 8.78 Å². The third kappa shape index (κ3) is 2.83. The van der Waals surface area contributed by atoms with Crippen LogP contribution in [0.4, 0.5) is 8.78 Å². The SMILES string of the molecule is O=C1CC(c2nc(C3CC3)no2)CN1Cc1ccc(F)cc1F. The maximum absolute atomic E-state index is 13.7. The number of nitrogens with zero attached hydrogens (tertiary/aromatic N) is 3. The molecule has 2 aliphatic rings. The number of benzene rings is 1. The standard InChI is InChI=1S/C16H15F2N3O2/c17-12-4-3-10(13(18)6-12)7-21-8-11(5-14(21)22)16-19-15(20-23-16)9-1-2-9/h3-4,6,9,11H,1-2,5,7-8H2. The third-order valence-electron chi connectivity index (χ3n) is 4.34. The van der Waals surface area contributed by atoms with Gasteiger partial charge in [-0.15, -0.1) is 0 Å². The Morgan fingerprint density at radius 1 is 1.26 bits per heavy atom. The smallest absolute Gasteiger partial charge is 0.232 e. The Morgan fingerprint density at radius 2 is 2.09 bits per heavy atom. The van der Waals surface area contributed by atoms with Gasteiger partial charge in [-0.2, -0.15) is 4.98 Å². The fourth-order valence-electron chi connectivity index (χ4n) is 2.87. The monoisotopic (exact) mass is 319 g/mol. The Morgan fingerprint density at radius 3 is 2.83 bits per heavy atom. The van der Waals surface area contributed by atoms with Crippen LogP contribution < -0.4 is 0 Å². The lowest BCUT2D eigenvalue weighted by atomic mass is 10.1. The number of hydrogen-bond donors (Lipinski definition) is 0. The molecule has 1 saturated heterocycles. The third-order valence-corrected chi connectivity index (χ3v) is 4.34. The molecule has 2 fully saturated rings. The molecule has 2 aromatic rings. The predicted octanol–water partition coefficient (Wildman–Crippen LogP) is 2.74. The topological polar surface area (TPSA) is 59.2 Å². The molecule has 2 heterocycles. The molecule has 0 radical (unpaired) electrons. The normalized spacial score (nSPS) is 21.2. The van der Waals surface area contributed by atoms with Gasteiger partial charge in [0, 0.05) is 37.1 Å². The summed E-state index contributed by atoms with van der Waals surface area (Å²) in [5.74, 6) is 0.0631. The minimum atomic E-state index is -0.643. The highest BCUT2D eigenvalue weighted by Crippen LogP contribution is 2.39. The maximum Gasteiger partial charge on any atom is 0.232 e. The molecular weight excluding hydrogens is 304 g/mol. The summed E-state index contributed by atoms with van der Waals surface area (Å²) in [5.41, 5.74) is 0.296. The zero-order valence-electron chi connectivity index (χ0n) is 12.3. The Hall–Kier alpha value is -2.31. The van der Waals surface area contributed by atoms with Crippen LogP contribution in [0.5, 0.6) is 0 Å². The summed E-state index contributed by atoms with van der Waals surface area (Å²) in [4.78, 5) is 18.1. The number of carbonyl (C=O) groups excluding carboxylic acids is 1. The van der Waals surface area contributed by atoms with E-state index < -0.39 is 11.6 Å². The average molecular weight is 319 g/mol. The van der Waals surface area contributed by atoms with Crippen molar-refractivity contribution in [3.05, 3.63) is 47.1 Å². The number of amides is 1. The summed E-state index contributed by atoms with van der Waals surface area (Å²) in [7, 11) is 0. The van der Waals surface area contributed by atoms with Crippen LogP contribution in [0.1, 0.15) is 48.4 Å². The van der Waals surface area contributed by atoms with Gasteiger partial charge in [-0.3, -0.25) is 4.79 Å². The minimum absolute atomic E-state index is 0.0927. The van der Waals surface area contributed by atoms with E-state index in [9.17, 15) is 13.6 Å². The first-order valence-electron chi connectivity index (χ1n) is 7.65. The predicted molar refractivity (Wildman–Crippen MR) is 75.4 cm³/mol. The van der Waals surface area contributed by atoms with E-state index in [0.717, 1.165) is 24.7 Å². The van der Waals surface area contributed by atoms with Crippen LogP contribution in [-0.4, -0.2) is 27.5 Å². The van der Waals surface area contributed by atoms with Crippen LogP contribution in [0.3, 0.4) is 0 Å². The second-order valence-electron chi connectivity index (χ2n) is 6.18. The number of hydrogen-bond acceptors (Lipinski definition) is 4. The number of halogens is 2. The van der Waals surface area contributed by atoms with E-state index in [4.69, 9.17) is 4.52 Å². The van der Waals surface area contributed by atoms with Crippen LogP contribution in [0.2, 0.25) is 0 Å². The Kier molecular flexibility index (Phi) is 3.36. The van der Waals surface area contributed by atoms with Crippen molar-refractivity contribution in [2.24, 2.45) is 0 Å². The Bertz CT molecular complexity index is 758. The number of aromatic nitrogens is 2. The van der Waals surface area contributed by atoms with Gasteiger partial charge in [0.05, 0.1) is 5.92 Å². The molecule has 1 atom stereocenters. The van der Waals surface area contributed by atoms with Crippen LogP contribution in [0, 0.1) is 11.6 Å². The molecule has 4 rings (SSSR count). The molecule has 0 bridgehead atoms. The highest BCUT2D eigenvalue weighted by molar-refractivity contribution is 5.79. The van der Waals surface area contributed by atoms with Gasteiger partial charge in [0.25, 0.3) is 0 Å². The summed E-state index contributed by atoms with van der Waals surface area (Å²) in [6.07, 6.45) is 2.44. The van der Waals surface area contributed by atoms with E-state index in [0.29, 0.717) is 23.9 Å². The Balaban J connectivity index is 1.47. The van der Waals surface area contributed by atoms with E-state index in [-0.39, 0.29) is 24.8 Å². The van der Waals surface area contributed by atoms with E-state index in [1.54, 1.807) is 4.90 Å². The molecular formula is C16H15F2N3O2. The van der Waals surface area contributed by atoms with Crippen LogP contribution in [-0.2, 0) is 11.3 Å². The largest absolute Gasteiger partial charge is 0.339 e. The van der Waals surface area contributed by atoms with Crippen molar-refractivity contribution in [3.8, 4) is 0 Å².